The van der Waals surface area contributed by atoms with Crippen molar-refractivity contribution in [1.29, 1.82) is 0 Å². The normalized spacial score (nSPS) is 13.7. The molecular formula is C24H49NaO4S. The predicted octanol–water partition coefficient (Wildman–Crippen LogP) is 4.11. The molecule has 0 aliphatic heterocycles. The third kappa shape index (κ3) is 23.5. The van der Waals surface area contributed by atoms with Gasteiger partial charge in [0.25, 0.3) is 0 Å². The van der Waals surface area contributed by atoms with Crippen LogP contribution in [0.2, 0.25) is 0 Å². The summed E-state index contributed by atoms with van der Waals surface area (Å²) in [6.45, 7) is 4.04. The van der Waals surface area contributed by atoms with E-state index in [2.05, 4.69) is 6.92 Å². The number of hydrogen-bond donors (Lipinski definition) is 1. The first-order valence-corrected chi connectivity index (χ1v) is 14.0. The maximum Gasteiger partial charge on any atom is 1.00 e. The molecule has 0 aromatic rings. The Morgan fingerprint density at radius 2 is 0.933 bits per heavy atom. The van der Waals surface area contributed by atoms with Gasteiger partial charge in [-0.3, -0.25) is 0 Å². The Kier molecular flexibility index (Phi) is 25.4. The summed E-state index contributed by atoms with van der Waals surface area (Å²) in [5.41, 5.74) is 0. The molecule has 0 aliphatic carbocycles. The van der Waals surface area contributed by atoms with Crippen LogP contribution in [0.3, 0.4) is 0 Å². The number of rotatable bonds is 22. The Labute approximate surface area is 210 Å². The molecule has 0 radical (unpaired) electrons. The summed E-state index contributed by atoms with van der Waals surface area (Å²) in [5, 5.41) is 8.53. The van der Waals surface area contributed by atoms with Crippen molar-refractivity contribution in [2.75, 3.05) is 0 Å². The molecule has 0 spiro atoms. The summed E-state index contributed by atoms with van der Waals surface area (Å²) in [6.07, 6.45) is 21.7. The summed E-state index contributed by atoms with van der Waals surface area (Å²) in [7, 11) is -4.18. The van der Waals surface area contributed by atoms with Crippen molar-refractivity contribution in [1.82, 2.24) is 0 Å². The number of aliphatic hydroxyl groups excluding tert-OH is 1. The molecule has 1 N–H and O–H groups in total. The van der Waals surface area contributed by atoms with Crippen molar-refractivity contribution in [3.05, 3.63) is 0 Å². The molecule has 0 bridgehead atoms. The topological polar surface area (TPSA) is 77.4 Å². The van der Waals surface area contributed by atoms with Gasteiger partial charge in [-0.2, -0.15) is 0 Å². The fraction of sp³-hybridized carbons (Fsp3) is 1.00. The molecule has 0 saturated carbocycles. The van der Waals surface area contributed by atoms with E-state index >= 15 is 0 Å². The molecule has 6 heteroatoms. The van der Waals surface area contributed by atoms with Crippen LogP contribution >= 0.6 is 0 Å². The zero-order valence-corrected chi connectivity index (χ0v) is 23.2. The van der Waals surface area contributed by atoms with E-state index in [9.17, 15) is 18.1 Å². The van der Waals surface area contributed by atoms with Crippen LogP contribution < -0.4 is 29.6 Å². The van der Waals surface area contributed by atoms with Gasteiger partial charge in [0.05, 0.1) is 16.2 Å². The second-order valence-corrected chi connectivity index (χ2v) is 10.6. The van der Waals surface area contributed by atoms with Crippen LogP contribution in [0, 0.1) is 0 Å². The smallest absolute Gasteiger partial charge is 0.748 e. The molecule has 0 saturated heterocycles. The van der Waals surface area contributed by atoms with E-state index in [1.807, 2.05) is 0 Å². The van der Waals surface area contributed by atoms with Gasteiger partial charge in [0.2, 0.25) is 0 Å². The monoisotopic (exact) mass is 456 g/mol. The van der Waals surface area contributed by atoms with Crippen molar-refractivity contribution in [2.45, 2.75) is 154 Å². The molecule has 4 nitrogen and oxygen atoms in total. The average Bonchev–Trinajstić information content (AvgIpc) is 2.65. The quantitative estimate of drug-likeness (QED) is 0.151. The van der Waals surface area contributed by atoms with Crippen LogP contribution in [0.5, 0.6) is 0 Å². The van der Waals surface area contributed by atoms with Crippen molar-refractivity contribution in [3.8, 4) is 0 Å². The van der Waals surface area contributed by atoms with Crippen molar-refractivity contribution < 1.29 is 47.6 Å². The minimum Gasteiger partial charge on any atom is -0.748 e. The molecule has 2 unspecified atom stereocenters. The predicted molar refractivity (Wildman–Crippen MR) is 123 cm³/mol. The van der Waals surface area contributed by atoms with Crippen LogP contribution in [-0.4, -0.2) is 29.4 Å². The van der Waals surface area contributed by atoms with E-state index in [1.165, 1.54) is 64.2 Å². The van der Waals surface area contributed by atoms with E-state index in [4.69, 9.17) is 0 Å². The SMILES string of the molecule is CCCCCCCCCCCCCCCC(CCCCCCC(C)O)S(=O)(=O)[O-].[Na+]. The summed E-state index contributed by atoms with van der Waals surface area (Å²) in [5.74, 6) is 0. The second kappa shape index (κ2) is 23.0. The number of hydrogen-bond acceptors (Lipinski definition) is 4. The Balaban J connectivity index is 0. The summed E-state index contributed by atoms with van der Waals surface area (Å²) < 4.78 is 34.5. The summed E-state index contributed by atoms with van der Waals surface area (Å²) >= 11 is 0. The van der Waals surface area contributed by atoms with Crippen molar-refractivity contribution in [3.63, 3.8) is 0 Å². The van der Waals surface area contributed by atoms with Crippen molar-refractivity contribution >= 4 is 10.1 Å². The standard InChI is InChI=1S/C24H50O4S.Na/c1-3-4-5-6-7-8-9-10-11-12-13-14-18-21-24(29(26,27)28)22-19-16-15-17-20-23(2)25;/h23-25H,3-22H2,1-2H3,(H,26,27,28);/q;+1/p-1. The zero-order valence-electron chi connectivity index (χ0n) is 20.4. The first-order valence-electron chi connectivity index (χ1n) is 12.5. The Bertz CT molecular complexity index is 440. The molecule has 30 heavy (non-hydrogen) atoms. The van der Waals surface area contributed by atoms with Gasteiger partial charge in [-0.15, -0.1) is 0 Å². The van der Waals surface area contributed by atoms with Crippen LogP contribution in [0.1, 0.15) is 142 Å². The van der Waals surface area contributed by atoms with Crippen LogP contribution in [0.25, 0.3) is 0 Å². The Morgan fingerprint density at radius 3 is 1.23 bits per heavy atom. The molecule has 0 aromatic carbocycles. The van der Waals surface area contributed by atoms with Crippen molar-refractivity contribution in [2.24, 2.45) is 0 Å². The molecule has 176 valence electrons. The maximum atomic E-state index is 11.5. The minimum absolute atomic E-state index is 0. The third-order valence-electron chi connectivity index (χ3n) is 5.94. The zero-order chi connectivity index (χ0) is 21.8. The third-order valence-corrected chi connectivity index (χ3v) is 7.22. The van der Waals surface area contributed by atoms with E-state index in [0.29, 0.717) is 12.8 Å². The number of aliphatic hydroxyl groups is 1. The molecule has 0 amide bonds. The van der Waals surface area contributed by atoms with Crippen LogP contribution in [0.15, 0.2) is 0 Å². The number of unbranched alkanes of at least 4 members (excludes halogenated alkanes) is 15. The van der Waals surface area contributed by atoms with Crippen LogP contribution in [0.4, 0.5) is 0 Å². The van der Waals surface area contributed by atoms with Gasteiger partial charge in [0.15, 0.2) is 0 Å². The van der Waals surface area contributed by atoms with Gasteiger partial charge in [0, 0.05) is 5.25 Å². The Hall–Kier alpha value is 0.870. The molecule has 0 aromatic heterocycles. The van der Waals surface area contributed by atoms with Gasteiger partial charge >= 0.3 is 29.6 Å². The van der Waals surface area contributed by atoms with Gasteiger partial charge in [-0.05, 0) is 26.2 Å². The molecule has 0 aliphatic rings. The van der Waals surface area contributed by atoms with Gasteiger partial charge in [-0.25, -0.2) is 8.42 Å². The fourth-order valence-electron chi connectivity index (χ4n) is 3.99. The maximum absolute atomic E-state index is 11.5. The molecule has 0 fully saturated rings. The van der Waals surface area contributed by atoms with E-state index in [1.54, 1.807) is 6.92 Å². The first-order chi connectivity index (χ1) is 13.9. The molecule has 2 atom stereocenters. The Morgan fingerprint density at radius 1 is 0.633 bits per heavy atom. The van der Waals surface area contributed by atoms with Gasteiger partial charge in [0.1, 0.15) is 0 Å². The minimum atomic E-state index is -4.18. The fourth-order valence-corrected chi connectivity index (χ4v) is 4.90. The molecule has 0 heterocycles. The van der Waals surface area contributed by atoms with E-state index < -0.39 is 15.4 Å². The largest absolute Gasteiger partial charge is 1.00 e. The average molecular weight is 457 g/mol. The van der Waals surface area contributed by atoms with Crippen LogP contribution in [-0.2, 0) is 10.1 Å². The van der Waals surface area contributed by atoms with Gasteiger partial charge in [-0.1, -0.05) is 116 Å². The summed E-state index contributed by atoms with van der Waals surface area (Å²) in [4.78, 5) is 0. The van der Waals surface area contributed by atoms with Gasteiger partial charge < -0.3 is 9.66 Å². The second-order valence-electron chi connectivity index (χ2n) is 8.99. The first kappa shape index (κ1) is 33.0. The van der Waals surface area contributed by atoms with E-state index in [0.717, 1.165) is 51.4 Å². The molecular weight excluding hydrogens is 407 g/mol. The van der Waals surface area contributed by atoms with E-state index in [-0.39, 0.29) is 35.7 Å². The summed E-state index contributed by atoms with van der Waals surface area (Å²) in [6, 6.07) is 0. The molecule has 0 rings (SSSR count).